The third-order valence-corrected chi connectivity index (χ3v) is 14.9. The first-order valence-corrected chi connectivity index (χ1v) is 24.0. The molecule has 0 saturated carbocycles. The van der Waals surface area contributed by atoms with Crippen LogP contribution in [0.25, 0.3) is 105 Å². The Kier molecular flexibility index (Phi) is 10.2. The summed E-state index contributed by atoms with van der Waals surface area (Å²) in [7, 11) is 0. The topological polar surface area (TPSA) is 67.3 Å². The van der Waals surface area contributed by atoms with E-state index in [4.69, 9.17) is 0 Å². The van der Waals surface area contributed by atoms with E-state index in [-0.39, 0.29) is 84.0 Å². The van der Waals surface area contributed by atoms with Gasteiger partial charge in [-0.25, -0.2) is 0 Å². The number of aromatic nitrogens is 4. The van der Waals surface area contributed by atoms with Crippen LogP contribution in [0, 0.1) is 22.7 Å². The average Bonchev–Trinajstić information content (AvgIpc) is 3.72. The van der Waals surface area contributed by atoms with E-state index in [2.05, 4.69) is 12.1 Å². The van der Waals surface area contributed by atoms with E-state index in [1.165, 1.54) is 54.7 Å². The number of benzene rings is 8. The number of hydrogen-bond donors (Lipinski definition) is 0. The second-order valence-electron chi connectivity index (χ2n) is 19.0. The fourth-order valence-corrected chi connectivity index (χ4v) is 11.6. The van der Waals surface area contributed by atoms with Gasteiger partial charge in [0, 0.05) is 43.3 Å². The molecule has 0 saturated heterocycles. The van der Waals surface area contributed by atoms with Crippen molar-refractivity contribution >= 4 is 82.4 Å². The lowest BCUT2D eigenvalue weighted by molar-refractivity contribution is -0.138. The maximum atomic E-state index is 15.2. The first-order chi connectivity index (χ1) is 37.2. The van der Waals surface area contributed by atoms with Crippen molar-refractivity contribution in [1.82, 2.24) is 18.3 Å². The zero-order chi connectivity index (χ0) is 54.5. The molecule has 0 fully saturated rings. The highest BCUT2D eigenvalue weighted by molar-refractivity contribution is 6.15. The summed E-state index contributed by atoms with van der Waals surface area (Å²) in [6, 6.07) is 38.4. The van der Waals surface area contributed by atoms with Gasteiger partial charge in [-0.3, -0.25) is 0 Å². The summed E-state index contributed by atoms with van der Waals surface area (Å²) in [5.74, 6) is 0. The lowest BCUT2D eigenvalue weighted by atomic mass is 9.94. The molecule has 1 aliphatic rings. The number of alkyl halides is 12. The van der Waals surface area contributed by atoms with E-state index < -0.39 is 70.2 Å². The summed E-state index contributed by atoms with van der Waals surface area (Å²) in [6.45, 7) is 0. The standard InChI is InChI=1S/C60H30F12N6/c61-57(62,63)31-17-21-39-35-9-1-5-13-45(35)75(49(39)25-31)53-43(29-73)54(76-46-14-6-2-10-36(46)40-22-18-32(26-50(40)76)58(64,65)66)56(78-48-16-8-4-12-38(48)42-24-20-34(28-52(42)78)60(70,71)72)55(44(53)30-74)77-47-15-7-3-11-37(47)41-23-19-33(27-51(41)77)59(67,68)69/h1-18,20-22,24-28H,19,23H2. The van der Waals surface area contributed by atoms with Crippen molar-refractivity contribution in [3.63, 3.8) is 0 Å². The average molecular weight is 1060 g/mol. The smallest absolute Gasteiger partial charge is 0.306 e. The lowest BCUT2D eigenvalue weighted by Crippen LogP contribution is -2.19. The van der Waals surface area contributed by atoms with Gasteiger partial charge in [0.2, 0.25) is 0 Å². The van der Waals surface area contributed by atoms with E-state index in [1.54, 1.807) is 78.9 Å². The van der Waals surface area contributed by atoms with Crippen LogP contribution in [0.5, 0.6) is 0 Å². The van der Waals surface area contributed by atoms with Crippen LogP contribution in [0.4, 0.5) is 52.7 Å². The quantitative estimate of drug-likeness (QED) is 0.165. The van der Waals surface area contributed by atoms with Crippen molar-refractivity contribution < 1.29 is 52.7 Å². The van der Waals surface area contributed by atoms with Crippen molar-refractivity contribution in [2.45, 2.75) is 37.5 Å². The Bertz CT molecular complexity index is 4710. The molecule has 384 valence electrons. The molecule has 0 radical (unpaired) electrons. The molecular weight excluding hydrogens is 1030 g/mol. The molecule has 4 heterocycles. The Morgan fingerprint density at radius 1 is 0.333 bits per heavy atom. The zero-order valence-electron chi connectivity index (χ0n) is 39.6. The molecule has 0 unspecified atom stereocenters. The number of hydrogen-bond acceptors (Lipinski definition) is 2. The molecule has 0 spiro atoms. The minimum Gasteiger partial charge on any atom is -0.306 e. The van der Waals surface area contributed by atoms with Crippen LogP contribution >= 0.6 is 0 Å². The van der Waals surface area contributed by atoms with Crippen LogP contribution in [0.1, 0.15) is 45.5 Å². The highest BCUT2D eigenvalue weighted by atomic mass is 19.4. The third kappa shape index (κ3) is 6.98. The number of aryl methyl sites for hydroxylation is 1. The van der Waals surface area contributed by atoms with Crippen molar-refractivity contribution in [3.8, 4) is 34.9 Å². The van der Waals surface area contributed by atoms with Crippen LogP contribution in [0.2, 0.25) is 0 Å². The Balaban J connectivity index is 1.40. The number of nitriles is 2. The van der Waals surface area contributed by atoms with Crippen LogP contribution < -0.4 is 0 Å². The second-order valence-corrected chi connectivity index (χ2v) is 19.0. The summed E-state index contributed by atoms with van der Waals surface area (Å²) in [5.41, 5.74) is -6.87. The highest BCUT2D eigenvalue weighted by Crippen LogP contribution is 2.51. The number of fused-ring (bicyclic) bond motifs is 12. The van der Waals surface area contributed by atoms with Gasteiger partial charge in [0.15, 0.2) is 0 Å². The van der Waals surface area contributed by atoms with E-state index in [9.17, 15) is 23.7 Å². The van der Waals surface area contributed by atoms with Gasteiger partial charge in [-0.05, 0) is 85.1 Å². The lowest BCUT2D eigenvalue weighted by Gasteiger charge is -2.28. The molecule has 0 atom stereocenters. The Morgan fingerprint density at radius 3 is 1.05 bits per heavy atom. The van der Waals surface area contributed by atoms with Crippen molar-refractivity contribution in [2.75, 3.05) is 0 Å². The zero-order valence-corrected chi connectivity index (χ0v) is 39.6. The van der Waals surface area contributed by atoms with Gasteiger partial charge in [0.1, 0.15) is 23.3 Å². The van der Waals surface area contributed by atoms with Crippen LogP contribution in [0.3, 0.4) is 0 Å². The molecule has 0 N–H and O–H groups in total. The number of rotatable bonds is 4. The van der Waals surface area contributed by atoms with E-state index in [0.717, 1.165) is 42.5 Å². The maximum absolute atomic E-state index is 15.2. The maximum Gasteiger partial charge on any atom is 0.416 e. The van der Waals surface area contributed by atoms with Gasteiger partial charge >= 0.3 is 24.7 Å². The Hall–Kier alpha value is -9.42. The predicted octanol–water partition coefficient (Wildman–Crippen LogP) is 17.6. The molecule has 78 heavy (non-hydrogen) atoms. The fraction of sp³-hybridized carbons (Fsp3) is 0.100. The number of nitrogens with zero attached hydrogens (tertiary/aromatic N) is 6. The van der Waals surface area contributed by atoms with E-state index in [1.807, 2.05) is 0 Å². The van der Waals surface area contributed by atoms with Crippen LogP contribution in [0.15, 0.2) is 157 Å². The molecule has 0 bridgehead atoms. The number of para-hydroxylation sites is 4. The van der Waals surface area contributed by atoms with E-state index >= 15 is 39.5 Å². The third-order valence-electron chi connectivity index (χ3n) is 14.9. The monoisotopic (exact) mass is 1060 g/mol. The molecule has 12 aromatic rings. The van der Waals surface area contributed by atoms with Crippen LogP contribution in [-0.4, -0.2) is 24.4 Å². The molecule has 1 aliphatic carbocycles. The normalized spacial score (nSPS) is 13.6. The predicted molar refractivity (Wildman–Crippen MR) is 273 cm³/mol. The van der Waals surface area contributed by atoms with Gasteiger partial charge in [0.25, 0.3) is 0 Å². The summed E-state index contributed by atoms with van der Waals surface area (Å²) in [5, 5.41) is 26.2. The summed E-state index contributed by atoms with van der Waals surface area (Å²) in [6.07, 6.45) is -19.6. The largest absolute Gasteiger partial charge is 0.416 e. The highest BCUT2D eigenvalue weighted by Gasteiger charge is 2.41. The van der Waals surface area contributed by atoms with Gasteiger partial charge < -0.3 is 18.3 Å². The molecule has 13 rings (SSSR count). The molecule has 18 heteroatoms. The Morgan fingerprint density at radius 2 is 0.667 bits per heavy atom. The van der Waals surface area contributed by atoms with Gasteiger partial charge in [-0.1, -0.05) is 91.0 Å². The summed E-state index contributed by atoms with van der Waals surface area (Å²) >= 11 is 0. The van der Waals surface area contributed by atoms with Crippen LogP contribution in [-0.2, 0) is 24.9 Å². The van der Waals surface area contributed by atoms with Crippen molar-refractivity contribution in [1.29, 1.82) is 10.5 Å². The minimum atomic E-state index is -4.98. The SMILES string of the molecule is N#Cc1c(-n2c3c(c4ccccc42)CCC(C(F)(F)F)=C3)c(-n2c3ccccc3c3ccc(C(F)(F)F)cc32)c(-n2c3ccccc3c3ccc(C(F)(F)F)cc32)c(C#N)c1-n1c2ccccc2c2ccc(C(F)(F)F)cc21. The van der Waals surface area contributed by atoms with Gasteiger partial charge in [-0.15, -0.1) is 0 Å². The second kappa shape index (κ2) is 16.5. The number of halogens is 12. The van der Waals surface area contributed by atoms with Crippen molar-refractivity contribution in [2.24, 2.45) is 0 Å². The van der Waals surface area contributed by atoms with E-state index in [0.29, 0.717) is 27.1 Å². The van der Waals surface area contributed by atoms with Gasteiger partial charge in [0.05, 0.1) is 83.8 Å². The fourth-order valence-electron chi connectivity index (χ4n) is 11.6. The number of allylic oxidation sites excluding steroid dienone is 1. The molecule has 4 aromatic heterocycles. The molecule has 0 aliphatic heterocycles. The first kappa shape index (κ1) is 48.2. The Labute approximate surface area is 431 Å². The molecule has 8 aromatic carbocycles. The first-order valence-electron chi connectivity index (χ1n) is 24.0. The summed E-state index contributed by atoms with van der Waals surface area (Å²) in [4.78, 5) is 0. The molecule has 6 nitrogen and oxygen atoms in total. The molecular formula is C60H30F12N6. The van der Waals surface area contributed by atoms with Gasteiger partial charge in [-0.2, -0.15) is 63.2 Å². The molecule has 0 amide bonds. The minimum absolute atomic E-state index is 0.128. The summed E-state index contributed by atoms with van der Waals surface area (Å²) < 4.78 is 186. The van der Waals surface area contributed by atoms with Crippen molar-refractivity contribution in [3.05, 3.63) is 196 Å².